The fourth-order valence-corrected chi connectivity index (χ4v) is 2.33. The highest BCUT2D eigenvalue weighted by molar-refractivity contribution is 9.10. The highest BCUT2D eigenvalue weighted by Gasteiger charge is 2.14. The zero-order chi connectivity index (χ0) is 12.6. The predicted molar refractivity (Wildman–Crippen MR) is 72.2 cm³/mol. The first-order valence-electron chi connectivity index (χ1n) is 5.20. The molecule has 0 fully saturated rings. The monoisotopic (exact) mass is 295 g/mol. The summed E-state index contributed by atoms with van der Waals surface area (Å²) in [6.45, 7) is 4.08. The van der Waals surface area contributed by atoms with Gasteiger partial charge < -0.3 is 15.5 Å². The molecule has 0 aliphatic heterocycles. The van der Waals surface area contributed by atoms with Crippen LogP contribution in [0.4, 0.5) is 5.95 Å². The molecule has 0 aliphatic carbocycles. The van der Waals surface area contributed by atoms with Crippen molar-refractivity contribution in [3.63, 3.8) is 0 Å². The molecular formula is C12H14BrN3O. The van der Waals surface area contributed by atoms with E-state index in [0.29, 0.717) is 5.95 Å². The summed E-state index contributed by atoms with van der Waals surface area (Å²) >= 11 is 3.42. The zero-order valence-electron chi connectivity index (χ0n) is 9.97. The molecule has 0 saturated heterocycles. The molecule has 90 valence electrons. The number of nitrogen functional groups attached to an aromatic ring is 1. The summed E-state index contributed by atoms with van der Waals surface area (Å²) < 4.78 is 6.08. The second kappa shape index (κ2) is 4.41. The lowest BCUT2D eigenvalue weighted by Gasteiger charge is -2.11. The number of halogens is 1. The van der Waals surface area contributed by atoms with E-state index in [0.717, 1.165) is 32.7 Å². The Labute approximate surface area is 108 Å². The third-order valence-electron chi connectivity index (χ3n) is 2.89. The quantitative estimate of drug-likeness (QED) is 0.895. The number of nitrogens with zero attached hydrogens (tertiary/aromatic N) is 1. The first-order chi connectivity index (χ1) is 8.04. The van der Waals surface area contributed by atoms with Gasteiger partial charge in [-0.2, -0.15) is 0 Å². The number of H-pyrrole nitrogens is 1. The molecule has 2 rings (SSSR count). The number of nitrogens with two attached hydrogens (primary N) is 1. The van der Waals surface area contributed by atoms with Crippen molar-refractivity contribution in [3.8, 4) is 17.0 Å². The largest absolute Gasteiger partial charge is 0.496 e. The van der Waals surface area contributed by atoms with Gasteiger partial charge in [-0.3, -0.25) is 0 Å². The van der Waals surface area contributed by atoms with Gasteiger partial charge in [-0.05, 0) is 53.0 Å². The number of benzene rings is 1. The number of anilines is 1. The van der Waals surface area contributed by atoms with Gasteiger partial charge in [-0.25, -0.2) is 4.98 Å². The van der Waals surface area contributed by atoms with Crippen LogP contribution >= 0.6 is 15.9 Å². The maximum absolute atomic E-state index is 5.64. The number of rotatable bonds is 2. The van der Waals surface area contributed by atoms with Gasteiger partial charge in [0.25, 0.3) is 0 Å². The topological polar surface area (TPSA) is 63.9 Å². The number of aromatic amines is 1. The molecule has 4 nitrogen and oxygen atoms in total. The highest BCUT2D eigenvalue weighted by Crippen LogP contribution is 2.33. The molecule has 1 heterocycles. The number of hydrogen-bond donors (Lipinski definition) is 2. The van der Waals surface area contributed by atoms with Crippen LogP contribution < -0.4 is 10.5 Å². The smallest absolute Gasteiger partial charge is 0.198 e. The summed E-state index contributed by atoms with van der Waals surface area (Å²) in [6.07, 6.45) is 0. The summed E-state index contributed by atoms with van der Waals surface area (Å²) in [5, 5.41) is 0. The fourth-order valence-electron chi connectivity index (χ4n) is 1.82. The van der Waals surface area contributed by atoms with Crippen molar-refractivity contribution in [2.75, 3.05) is 12.8 Å². The molecule has 0 radical (unpaired) electrons. The summed E-state index contributed by atoms with van der Waals surface area (Å²) in [5.74, 6) is 1.28. The van der Waals surface area contributed by atoms with Gasteiger partial charge in [-0.1, -0.05) is 0 Å². The molecule has 0 atom stereocenters. The van der Waals surface area contributed by atoms with Crippen LogP contribution in [0.5, 0.6) is 5.75 Å². The standard InChI is InChI=1S/C12H14BrN3O/c1-6-7(2)9(17-3)5-4-8(6)10-11(13)16-12(14)15-10/h4-5H,1-3H3,(H3,14,15,16). The van der Waals surface area contributed by atoms with Gasteiger partial charge in [0.1, 0.15) is 16.0 Å². The van der Waals surface area contributed by atoms with E-state index < -0.39 is 0 Å². The maximum Gasteiger partial charge on any atom is 0.198 e. The van der Waals surface area contributed by atoms with Crippen LogP contribution in [0.25, 0.3) is 11.3 Å². The Morgan fingerprint density at radius 3 is 2.53 bits per heavy atom. The number of imidazole rings is 1. The highest BCUT2D eigenvalue weighted by atomic mass is 79.9. The number of aromatic nitrogens is 2. The van der Waals surface area contributed by atoms with Crippen LogP contribution in [0, 0.1) is 13.8 Å². The molecule has 1 aromatic heterocycles. The first-order valence-corrected chi connectivity index (χ1v) is 5.99. The summed E-state index contributed by atoms with van der Waals surface area (Å²) in [6, 6.07) is 3.93. The van der Waals surface area contributed by atoms with Gasteiger partial charge in [0.2, 0.25) is 0 Å². The summed E-state index contributed by atoms with van der Waals surface area (Å²) in [7, 11) is 1.67. The second-order valence-corrected chi connectivity index (χ2v) is 4.64. The Morgan fingerprint density at radius 1 is 1.29 bits per heavy atom. The summed E-state index contributed by atoms with van der Waals surface area (Å²) in [5.41, 5.74) is 9.75. The number of nitrogens with one attached hydrogen (secondary N) is 1. The van der Waals surface area contributed by atoms with Crippen molar-refractivity contribution < 1.29 is 4.74 Å². The minimum absolute atomic E-state index is 0.403. The van der Waals surface area contributed by atoms with Gasteiger partial charge in [0.05, 0.1) is 7.11 Å². The lowest BCUT2D eigenvalue weighted by atomic mass is 10.0. The SMILES string of the molecule is COc1ccc(-c2nc(N)[nH]c2Br)c(C)c1C. The molecule has 3 N–H and O–H groups in total. The number of hydrogen-bond acceptors (Lipinski definition) is 3. The molecule has 0 spiro atoms. The first kappa shape index (κ1) is 12.0. The van der Waals surface area contributed by atoms with Crippen LogP contribution in [0.15, 0.2) is 16.7 Å². The predicted octanol–water partition coefficient (Wildman–Crippen LogP) is 3.05. The van der Waals surface area contributed by atoms with E-state index in [1.54, 1.807) is 7.11 Å². The normalized spacial score (nSPS) is 10.6. The lowest BCUT2D eigenvalue weighted by Crippen LogP contribution is -1.93. The van der Waals surface area contributed by atoms with Crippen molar-refractivity contribution in [2.45, 2.75) is 13.8 Å². The molecule has 0 aliphatic rings. The molecule has 0 amide bonds. The molecule has 2 aromatic rings. The van der Waals surface area contributed by atoms with E-state index in [4.69, 9.17) is 10.5 Å². The number of ether oxygens (including phenoxy) is 1. The van der Waals surface area contributed by atoms with Gasteiger partial charge in [0, 0.05) is 5.56 Å². The third-order valence-corrected chi connectivity index (χ3v) is 3.46. The Morgan fingerprint density at radius 2 is 2.00 bits per heavy atom. The van der Waals surface area contributed by atoms with E-state index in [1.165, 1.54) is 0 Å². The van der Waals surface area contributed by atoms with Crippen LogP contribution in [-0.4, -0.2) is 17.1 Å². The minimum Gasteiger partial charge on any atom is -0.496 e. The Kier molecular flexibility index (Phi) is 3.11. The van der Waals surface area contributed by atoms with E-state index in [9.17, 15) is 0 Å². The Balaban J connectivity index is 2.61. The third kappa shape index (κ3) is 2.02. The van der Waals surface area contributed by atoms with E-state index >= 15 is 0 Å². The average Bonchev–Trinajstić information content (AvgIpc) is 2.62. The van der Waals surface area contributed by atoms with E-state index in [2.05, 4.69) is 25.9 Å². The van der Waals surface area contributed by atoms with E-state index in [-0.39, 0.29) is 0 Å². The maximum atomic E-state index is 5.64. The molecule has 5 heteroatoms. The molecular weight excluding hydrogens is 282 g/mol. The van der Waals surface area contributed by atoms with Crippen molar-refractivity contribution in [1.82, 2.24) is 9.97 Å². The Hall–Kier alpha value is -1.49. The molecule has 0 saturated carbocycles. The molecule has 0 unspecified atom stereocenters. The Bertz CT molecular complexity index is 563. The van der Waals surface area contributed by atoms with Crippen LogP contribution in [-0.2, 0) is 0 Å². The van der Waals surface area contributed by atoms with Crippen molar-refractivity contribution >= 4 is 21.9 Å². The van der Waals surface area contributed by atoms with Crippen LogP contribution in [0.3, 0.4) is 0 Å². The molecule has 17 heavy (non-hydrogen) atoms. The van der Waals surface area contributed by atoms with Gasteiger partial charge in [0.15, 0.2) is 5.95 Å². The van der Waals surface area contributed by atoms with Gasteiger partial charge in [-0.15, -0.1) is 0 Å². The van der Waals surface area contributed by atoms with Crippen molar-refractivity contribution in [3.05, 3.63) is 27.9 Å². The van der Waals surface area contributed by atoms with Crippen LogP contribution in [0.2, 0.25) is 0 Å². The molecule has 0 bridgehead atoms. The van der Waals surface area contributed by atoms with Crippen LogP contribution in [0.1, 0.15) is 11.1 Å². The number of methoxy groups -OCH3 is 1. The second-order valence-electron chi connectivity index (χ2n) is 3.85. The average molecular weight is 296 g/mol. The van der Waals surface area contributed by atoms with Crippen molar-refractivity contribution in [1.29, 1.82) is 0 Å². The lowest BCUT2D eigenvalue weighted by molar-refractivity contribution is 0.411. The van der Waals surface area contributed by atoms with Gasteiger partial charge >= 0.3 is 0 Å². The zero-order valence-corrected chi connectivity index (χ0v) is 11.6. The summed E-state index contributed by atoms with van der Waals surface area (Å²) in [4.78, 5) is 7.21. The van der Waals surface area contributed by atoms with Crippen molar-refractivity contribution in [2.24, 2.45) is 0 Å². The fraction of sp³-hybridized carbons (Fsp3) is 0.250. The minimum atomic E-state index is 0.403. The van der Waals surface area contributed by atoms with E-state index in [1.807, 2.05) is 26.0 Å². The molecule has 1 aromatic carbocycles.